The standard InChI is InChI=1S/C26H28FN5O4S/c1-14-5-3-7-19(15(14)2)32(26(35)23-20(28)21(24(29)33)31-37-23)22(16-8-10-17(27)11-9-16)25(34)30-13-18-6-4-12-36-18/h3,5,7-11,18,22H,4,6,12-13,28H2,1-2H3,(H2,29,33)(H,30,34)/t18-,22-/m1/s1. The van der Waals surface area contributed by atoms with Gasteiger partial charge in [-0.05, 0) is 73.1 Å². The molecule has 2 atom stereocenters. The van der Waals surface area contributed by atoms with Crippen LogP contribution in [0.3, 0.4) is 0 Å². The number of amides is 3. The van der Waals surface area contributed by atoms with E-state index in [2.05, 4.69) is 9.69 Å². The number of nitrogens with one attached hydrogen (secondary N) is 1. The SMILES string of the molecule is Cc1cccc(N(C(=O)c2snc(C(N)=O)c2N)[C@@H](C(=O)NC[C@H]2CCCO2)c2ccc(F)cc2)c1C. The number of primary amides is 1. The summed E-state index contributed by atoms with van der Waals surface area (Å²) in [4.78, 5) is 40.9. The van der Waals surface area contributed by atoms with Crippen molar-refractivity contribution in [2.75, 3.05) is 23.8 Å². The predicted octanol–water partition coefficient (Wildman–Crippen LogP) is 3.26. The van der Waals surface area contributed by atoms with Crippen LogP contribution in [0.2, 0.25) is 0 Å². The van der Waals surface area contributed by atoms with Crippen LogP contribution in [0.1, 0.15) is 55.7 Å². The van der Waals surface area contributed by atoms with E-state index in [1.165, 1.54) is 29.2 Å². The van der Waals surface area contributed by atoms with Crippen molar-refractivity contribution in [2.45, 2.75) is 38.8 Å². The van der Waals surface area contributed by atoms with Crippen molar-refractivity contribution in [2.24, 2.45) is 5.73 Å². The summed E-state index contributed by atoms with van der Waals surface area (Å²) in [6.07, 6.45) is 1.59. The Hall–Kier alpha value is -3.83. The number of halogens is 1. The molecule has 3 aromatic rings. The molecular weight excluding hydrogens is 497 g/mol. The molecule has 5 N–H and O–H groups in total. The van der Waals surface area contributed by atoms with Gasteiger partial charge in [-0.3, -0.25) is 19.3 Å². The smallest absolute Gasteiger partial charge is 0.273 e. The molecular formula is C26H28FN5O4S. The van der Waals surface area contributed by atoms with Crippen LogP contribution in [-0.2, 0) is 9.53 Å². The zero-order valence-electron chi connectivity index (χ0n) is 20.5. The Labute approximate surface area is 217 Å². The van der Waals surface area contributed by atoms with Crippen molar-refractivity contribution in [1.82, 2.24) is 9.69 Å². The Bertz CT molecular complexity index is 1320. The third kappa shape index (κ3) is 5.47. The van der Waals surface area contributed by atoms with Crippen LogP contribution < -0.4 is 21.7 Å². The first-order valence-corrected chi connectivity index (χ1v) is 12.6. The van der Waals surface area contributed by atoms with Crippen molar-refractivity contribution in [3.8, 4) is 0 Å². The number of hydrogen-bond donors (Lipinski definition) is 3. The minimum Gasteiger partial charge on any atom is -0.395 e. The molecule has 1 fully saturated rings. The maximum absolute atomic E-state index is 14.1. The fourth-order valence-corrected chi connectivity index (χ4v) is 5.02. The van der Waals surface area contributed by atoms with Gasteiger partial charge in [0, 0.05) is 18.8 Å². The van der Waals surface area contributed by atoms with E-state index in [0.29, 0.717) is 17.9 Å². The first-order valence-electron chi connectivity index (χ1n) is 11.8. The number of hydrogen-bond acceptors (Lipinski definition) is 7. The zero-order valence-corrected chi connectivity index (χ0v) is 21.3. The molecule has 1 aromatic heterocycles. The molecule has 1 saturated heterocycles. The number of carbonyl (C=O) groups excluding carboxylic acids is 3. The second-order valence-corrected chi connectivity index (χ2v) is 9.64. The molecule has 2 aromatic carbocycles. The molecule has 0 radical (unpaired) electrons. The summed E-state index contributed by atoms with van der Waals surface area (Å²) in [5.41, 5.74) is 13.6. The lowest BCUT2D eigenvalue weighted by Gasteiger charge is -2.33. The summed E-state index contributed by atoms with van der Waals surface area (Å²) < 4.78 is 23.4. The Morgan fingerprint density at radius 2 is 1.95 bits per heavy atom. The number of aryl methyl sites for hydroxylation is 1. The van der Waals surface area contributed by atoms with Crippen LogP contribution in [0.15, 0.2) is 42.5 Å². The normalized spacial score (nSPS) is 15.8. The van der Waals surface area contributed by atoms with Gasteiger partial charge in [0.25, 0.3) is 11.8 Å². The molecule has 0 unspecified atom stereocenters. The quantitative estimate of drug-likeness (QED) is 0.412. The van der Waals surface area contributed by atoms with Crippen molar-refractivity contribution in [1.29, 1.82) is 0 Å². The van der Waals surface area contributed by atoms with Crippen LogP contribution in [0, 0.1) is 19.7 Å². The van der Waals surface area contributed by atoms with E-state index >= 15 is 0 Å². The zero-order chi connectivity index (χ0) is 26.7. The summed E-state index contributed by atoms with van der Waals surface area (Å²) >= 11 is 0.727. The minimum atomic E-state index is -1.19. The Kier molecular flexibility index (Phi) is 7.84. The van der Waals surface area contributed by atoms with Crippen molar-refractivity contribution >= 4 is 40.6 Å². The van der Waals surface area contributed by atoms with Gasteiger partial charge in [-0.1, -0.05) is 24.3 Å². The van der Waals surface area contributed by atoms with Crippen molar-refractivity contribution in [3.63, 3.8) is 0 Å². The lowest BCUT2D eigenvalue weighted by Crippen LogP contribution is -2.46. The fraction of sp³-hybridized carbons (Fsp3) is 0.308. The van der Waals surface area contributed by atoms with Gasteiger partial charge < -0.3 is 21.5 Å². The highest BCUT2D eigenvalue weighted by Crippen LogP contribution is 2.35. The lowest BCUT2D eigenvalue weighted by atomic mass is 9.99. The molecule has 0 aliphatic carbocycles. The van der Waals surface area contributed by atoms with E-state index in [-0.39, 0.29) is 28.9 Å². The van der Waals surface area contributed by atoms with Gasteiger partial charge in [0.1, 0.15) is 16.7 Å². The van der Waals surface area contributed by atoms with Crippen molar-refractivity contribution in [3.05, 3.63) is 75.5 Å². The molecule has 1 aliphatic heterocycles. The molecule has 4 rings (SSSR count). The van der Waals surface area contributed by atoms with Gasteiger partial charge in [0.05, 0.1) is 11.8 Å². The molecule has 1 aliphatic rings. The van der Waals surface area contributed by atoms with Gasteiger partial charge in [-0.15, -0.1) is 0 Å². The molecule has 9 nitrogen and oxygen atoms in total. The number of aromatic nitrogens is 1. The molecule has 0 bridgehead atoms. The van der Waals surface area contributed by atoms with E-state index in [4.69, 9.17) is 16.2 Å². The second kappa shape index (κ2) is 11.1. The molecule has 3 amide bonds. The maximum atomic E-state index is 14.1. The monoisotopic (exact) mass is 525 g/mol. The first-order chi connectivity index (χ1) is 17.7. The number of rotatable bonds is 8. The number of anilines is 2. The van der Waals surface area contributed by atoms with Crippen LogP contribution in [0.25, 0.3) is 0 Å². The van der Waals surface area contributed by atoms with Crippen LogP contribution in [0.4, 0.5) is 15.8 Å². The van der Waals surface area contributed by atoms with Crippen LogP contribution in [0.5, 0.6) is 0 Å². The maximum Gasteiger partial charge on any atom is 0.273 e. The highest BCUT2D eigenvalue weighted by Gasteiger charge is 2.37. The molecule has 37 heavy (non-hydrogen) atoms. The van der Waals surface area contributed by atoms with E-state index in [1.807, 2.05) is 19.9 Å². The van der Waals surface area contributed by atoms with E-state index < -0.39 is 29.6 Å². The molecule has 194 valence electrons. The van der Waals surface area contributed by atoms with Gasteiger partial charge >= 0.3 is 0 Å². The molecule has 2 heterocycles. The summed E-state index contributed by atoms with van der Waals surface area (Å²) in [6.45, 7) is 4.61. The Balaban J connectivity index is 1.85. The first kappa shape index (κ1) is 26.2. The van der Waals surface area contributed by atoms with Crippen LogP contribution >= 0.6 is 11.5 Å². The van der Waals surface area contributed by atoms with Gasteiger partial charge in [-0.25, -0.2) is 4.39 Å². The van der Waals surface area contributed by atoms with Crippen LogP contribution in [-0.4, -0.2) is 41.4 Å². The third-order valence-corrected chi connectivity index (χ3v) is 7.28. The van der Waals surface area contributed by atoms with E-state index in [9.17, 15) is 18.8 Å². The molecule has 11 heteroatoms. The van der Waals surface area contributed by atoms with Gasteiger partial charge in [-0.2, -0.15) is 4.37 Å². The highest BCUT2D eigenvalue weighted by atomic mass is 32.1. The number of carbonyl (C=O) groups is 3. The number of ether oxygens (including phenoxy) is 1. The molecule has 0 saturated carbocycles. The number of nitrogens with zero attached hydrogens (tertiary/aromatic N) is 2. The Morgan fingerprint density at radius 3 is 2.57 bits per heavy atom. The second-order valence-electron chi connectivity index (χ2n) is 8.87. The van der Waals surface area contributed by atoms with Crippen molar-refractivity contribution < 1.29 is 23.5 Å². The summed E-state index contributed by atoms with van der Waals surface area (Å²) in [7, 11) is 0. The highest BCUT2D eigenvalue weighted by molar-refractivity contribution is 7.09. The van der Waals surface area contributed by atoms with Gasteiger partial charge in [0.15, 0.2) is 5.69 Å². The topological polar surface area (TPSA) is 141 Å². The summed E-state index contributed by atoms with van der Waals surface area (Å²) in [6, 6.07) is 9.57. The Morgan fingerprint density at radius 1 is 1.22 bits per heavy atom. The number of nitrogen functional groups attached to an aromatic ring is 1. The van der Waals surface area contributed by atoms with Gasteiger partial charge in [0.2, 0.25) is 5.91 Å². The fourth-order valence-electron chi connectivity index (χ4n) is 4.28. The molecule has 0 spiro atoms. The predicted molar refractivity (Wildman–Crippen MR) is 139 cm³/mol. The number of benzene rings is 2. The van der Waals surface area contributed by atoms with E-state index in [0.717, 1.165) is 35.5 Å². The average molecular weight is 526 g/mol. The average Bonchev–Trinajstić information content (AvgIpc) is 3.53. The summed E-state index contributed by atoms with van der Waals surface area (Å²) in [5, 5.41) is 2.90. The lowest BCUT2D eigenvalue weighted by molar-refractivity contribution is -0.123. The summed E-state index contributed by atoms with van der Waals surface area (Å²) in [5.74, 6) is -2.47. The number of nitrogens with two attached hydrogens (primary N) is 2. The minimum absolute atomic E-state index is 0.0336. The van der Waals surface area contributed by atoms with E-state index in [1.54, 1.807) is 12.1 Å². The largest absolute Gasteiger partial charge is 0.395 e. The third-order valence-electron chi connectivity index (χ3n) is 6.43.